The Morgan fingerprint density at radius 1 is 1.18 bits per heavy atom. The first kappa shape index (κ1) is 22.0. The molecule has 0 heterocycles. The van der Waals surface area contributed by atoms with Gasteiger partial charge in [0.05, 0.1) is 0 Å². The van der Waals surface area contributed by atoms with Gasteiger partial charge in [0.25, 0.3) is 0 Å². The molecule has 0 amide bonds. The number of carbonyl (C=O) groups is 1. The van der Waals surface area contributed by atoms with Crippen LogP contribution in [-0.4, -0.2) is 40.6 Å². The summed E-state index contributed by atoms with van der Waals surface area (Å²) in [6.45, 7) is 13.1. The summed E-state index contributed by atoms with van der Waals surface area (Å²) in [7, 11) is -2.40. The number of rotatable bonds is 10. The molecule has 0 fully saturated rings. The second-order valence-electron chi connectivity index (χ2n) is 7.25. The third-order valence-electron chi connectivity index (χ3n) is 4.29. The summed E-state index contributed by atoms with van der Waals surface area (Å²) >= 11 is 0. The van der Waals surface area contributed by atoms with E-state index in [4.69, 9.17) is 13.5 Å². The summed E-state index contributed by atoms with van der Waals surface area (Å²) in [5.74, 6) is -0.0911. The topological polar surface area (TPSA) is 61.8 Å². The number of carbonyl (C=O) groups excluding carboxylic acids is 1. The van der Waals surface area contributed by atoms with Gasteiger partial charge in [-0.2, -0.15) is 0 Å². The summed E-state index contributed by atoms with van der Waals surface area (Å²) in [6.07, 6.45) is 1.90. The second-order valence-corrected chi connectivity index (χ2v) is 14.3. The van der Waals surface area contributed by atoms with Gasteiger partial charge < -0.3 is 13.5 Å². The van der Waals surface area contributed by atoms with E-state index < -0.39 is 15.9 Å². The predicted octanol–water partition coefficient (Wildman–Crippen LogP) is 4.62. The predicted molar refractivity (Wildman–Crippen MR) is 93.1 cm³/mol. The van der Waals surface area contributed by atoms with Gasteiger partial charge >= 0.3 is 7.60 Å². The minimum atomic E-state index is -3.23. The fraction of sp³-hybridized carbons (Fsp3) is 0.933. The van der Waals surface area contributed by atoms with E-state index in [1.54, 1.807) is 0 Å². The van der Waals surface area contributed by atoms with E-state index in [2.05, 4.69) is 40.8 Å². The standard InChI is InChI=1S/C15H33O5PSi/c1-13(20-22(7,8)15(2,3)4)10-9-11-14(16)12-21(17,18-5)19-6/h13H,9-12H2,1-8H3/t13-/m0/s1. The first-order chi connectivity index (χ1) is 9.87. The van der Waals surface area contributed by atoms with Gasteiger partial charge in [-0.05, 0) is 37.9 Å². The lowest BCUT2D eigenvalue weighted by atomic mass is 10.1. The Morgan fingerprint density at radius 2 is 1.68 bits per heavy atom. The van der Waals surface area contributed by atoms with Gasteiger partial charge in [0.15, 0.2) is 8.32 Å². The summed E-state index contributed by atoms with van der Waals surface area (Å²) in [5, 5.41) is 0.181. The molecule has 0 aromatic rings. The molecule has 0 saturated heterocycles. The van der Waals surface area contributed by atoms with Crippen LogP contribution in [0.4, 0.5) is 0 Å². The molecule has 7 heteroatoms. The minimum absolute atomic E-state index is 0.0911. The summed E-state index contributed by atoms with van der Waals surface area (Å²) < 4.78 is 27.7. The highest BCUT2D eigenvalue weighted by Gasteiger charge is 2.38. The third kappa shape index (κ3) is 7.51. The number of ketones is 1. The fourth-order valence-corrected chi connectivity index (χ4v) is 4.30. The Morgan fingerprint density at radius 3 is 2.09 bits per heavy atom. The van der Waals surface area contributed by atoms with Crippen molar-refractivity contribution in [1.82, 2.24) is 0 Å². The molecule has 1 atom stereocenters. The first-order valence-corrected chi connectivity index (χ1v) is 12.4. The molecule has 0 aromatic carbocycles. The molecule has 0 aromatic heterocycles. The first-order valence-electron chi connectivity index (χ1n) is 7.77. The molecule has 0 aliphatic carbocycles. The van der Waals surface area contributed by atoms with Gasteiger partial charge in [0.2, 0.25) is 0 Å². The minimum Gasteiger partial charge on any atom is -0.414 e. The molecular weight excluding hydrogens is 319 g/mol. The Hall–Kier alpha value is -0.00312. The average Bonchev–Trinajstić information content (AvgIpc) is 2.36. The molecule has 0 spiro atoms. The van der Waals surface area contributed by atoms with Crippen molar-refractivity contribution in [2.24, 2.45) is 0 Å². The van der Waals surface area contributed by atoms with Gasteiger partial charge in [-0.1, -0.05) is 20.8 Å². The van der Waals surface area contributed by atoms with Gasteiger partial charge in [0, 0.05) is 26.7 Å². The van der Waals surface area contributed by atoms with E-state index in [0.29, 0.717) is 6.42 Å². The highest BCUT2D eigenvalue weighted by Crippen LogP contribution is 2.46. The average molecular weight is 352 g/mol. The van der Waals surface area contributed by atoms with Crippen LogP contribution in [0.15, 0.2) is 0 Å². The zero-order valence-corrected chi connectivity index (χ0v) is 17.3. The molecule has 0 N–H and O–H groups in total. The van der Waals surface area contributed by atoms with Crippen molar-refractivity contribution in [2.75, 3.05) is 20.4 Å². The van der Waals surface area contributed by atoms with Crippen molar-refractivity contribution < 1.29 is 22.8 Å². The van der Waals surface area contributed by atoms with Crippen LogP contribution >= 0.6 is 7.60 Å². The van der Waals surface area contributed by atoms with Gasteiger partial charge in [-0.25, -0.2) is 0 Å². The largest absolute Gasteiger partial charge is 0.414 e. The molecule has 0 saturated carbocycles. The Bertz CT molecular complexity index is 395. The number of hydrogen-bond donors (Lipinski definition) is 0. The number of hydrogen-bond acceptors (Lipinski definition) is 5. The van der Waals surface area contributed by atoms with Gasteiger partial charge in [0.1, 0.15) is 11.9 Å². The molecule has 0 radical (unpaired) electrons. The van der Waals surface area contributed by atoms with E-state index in [-0.39, 0.29) is 23.1 Å². The lowest BCUT2D eigenvalue weighted by Crippen LogP contribution is -2.43. The van der Waals surface area contributed by atoms with E-state index in [0.717, 1.165) is 12.8 Å². The van der Waals surface area contributed by atoms with Crippen LogP contribution in [0.1, 0.15) is 47.0 Å². The molecule has 0 bridgehead atoms. The molecule has 0 unspecified atom stereocenters. The lowest BCUT2D eigenvalue weighted by Gasteiger charge is -2.38. The van der Waals surface area contributed by atoms with Crippen LogP contribution in [0, 0.1) is 0 Å². The maximum atomic E-state index is 11.9. The monoisotopic (exact) mass is 352 g/mol. The molecule has 0 rings (SSSR count). The highest BCUT2D eigenvalue weighted by molar-refractivity contribution is 7.54. The maximum absolute atomic E-state index is 11.9. The van der Waals surface area contributed by atoms with Crippen LogP contribution in [0.25, 0.3) is 0 Å². The van der Waals surface area contributed by atoms with E-state index in [9.17, 15) is 9.36 Å². The van der Waals surface area contributed by atoms with Crippen LogP contribution in [0.5, 0.6) is 0 Å². The second kappa shape index (κ2) is 8.74. The zero-order chi connectivity index (χ0) is 17.6. The normalized spacial score (nSPS) is 14.9. The third-order valence-corrected chi connectivity index (χ3v) is 10.8. The van der Waals surface area contributed by atoms with Crippen molar-refractivity contribution in [2.45, 2.75) is 71.2 Å². The fourth-order valence-electron chi connectivity index (χ4n) is 1.82. The van der Waals surface area contributed by atoms with Crippen molar-refractivity contribution in [3.63, 3.8) is 0 Å². The zero-order valence-electron chi connectivity index (χ0n) is 15.4. The van der Waals surface area contributed by atoms with Crippen molar-refractivity contribution in [3.8, 4) is 0 Å². The molecule has 0 aliphatic heterocycles. The van der Waals surface area contributed by atoms with E-state index in [1.807, 2.05) is 0 Å². The summed E-state index contributed by atoms with van der Waals surface area (Å²) in [4.78, 5) is 11.8. The SMILES string of the molecule is COP(=O)(CC(=O)CCC[C@H](C)O[Si](C)(C)C(C)(C)C)OC. The van der Waals surface area contributed by atoms with Crippen molar-refractivity contribution in [3.05, 3.63) is 0 Å². The van der Waals surface area contributed by atoms with Crippen molar-refractivity contribution >= 4 is 21.7 Å². The molecule has 132 valence electrons. The van der Waals surface area contributed by atoms with Gasteiger partial charge in [-0.15, -0.1) is 0 Å². The smallest absolute Gasteiger partial charge is 0.337 e. The van der Waals surface area contributed by atoms with Crippen LogP contribution in [0.2, 0.25) is 18.1 Å². The van der Waals surface area contributed by atoms with Crippen molar-refractivity contribution in [1.29, 1.82) is 0 Å². The molecular formula is C15H33O5PSi. The summed E-state index contributed by atoms with van der Waals surface area (Å²) in [6, 6.07) is 0. The molecule has 22 heavy (non-hydrogen) atoms. The maximum Gasteiger partial charge on any atom is 0.337 e. The Kier molecular flexibility index (Phi) is 8.74. The quantitative estimate of drug-likeness (QED) is 0.424. The number of Topliss-reactive ketones (excluding diaryl/α,β-unsaturated/α-hetero) is 1. The van der Waals surface area contributed by atoms with E-state index in [1.165, 1.54) is 14.2 Å². The van der Waals surface area contributed by atoms with E-state index >= 15 is 0 Å². The Labute approximate surface area is 136 Å². The van der Waals surface area contributed by atoms with Crippen LogP contribution in [-0.2, 0) is 22.8 Å². The Balaban J connectivity index is 4.21. The van der Waals surface area contributed by atoms with Crippen LogP contribution in [0.3, 0.4) is 0 Å². The highest BCUT2D eigenvalue weighted by atomic mass is 31.2. The van der Waals surface area contributed by atoms with Gasteiger partial charge in [-0.3, -0.25) is 9.36 Å². The van der Waals surface area contributed by atoms with Crippen LogP contribution < -0.4 is 0 Å². The molecule has 0 aliphatic rings. The molecule has 5 nitrogen and oxygen atoms in total. The lowest BCUT2D eigenvalue weighted by molar-refractivity contribution is -0.117. The summed E-state index contributed by atoms with van der Waals surface area (Å²) in [5.41, 5.74) is 0.